The molecule has 1 saturated carbocycles. The molecule has 0 heterocycles. The van der Waals surface area contributed by atoms with E-state index in [0.29, 0.717) is 5.41 Å². The molecule has 0 amide bonds. The van der Waals surface area contributed by atoms with E-state index in [1.54, 1.807) is 0 Å². The van der Waals surface area contributed by atoms with Crippen molar-refractivity contribution >= 4 is 8.07 Å². The van der Waals surface area contributed by atoms with Crippen molar-refractivity contribution in [3.63, 3.8) is 0 Å². The summed E-state index contributed by atoms with van der Waals surface area (Å²) in [5.74, 6) is 0.775. The minimum Gasteiger partial charge on any atom is -0.0777 e. The van der Waals surface area contributed by atoms with E-state index >= 15 is 0 Å². The van der Waals surface area contributed by atoms with Gasteiger partial charge in [0.05, 0.1) is 8.07 Å². The topological polar surface area (TPSA) is 0 Å². The van der Waals surface area contributed by atoms with Gasteiger partial charge in [-0.05, 0) is 31.6 Å². The molecule has 0 aromatic carbocycles. The zero-order chi connectivity index (χ0) is 11.4. The van der Waals surface area contributed by atoms with Crippen LogP contribution >= 0.6 is 0 Å². The van der Waals surface area contributed by atoms with Crippen LogP contribution < -0.4 is 0 Å². The Hall–Kier alpha value is -0.563. The standard InChI is InChI=1S/C15H22Si/c1-16(2,3)14-12-7-4-5-9-15(11-12)10-6-8-13(14)15/h4-5,7,9,12H,6,8,10-11H2,1-3H3/t12-,15-/m1/s1. The van der Waals surface area contributed by atoms with Gasteiger partial charge >= 0.3 is 0 Å². The predicted octanol–water partition coefficient (Wildman–Crippen LogP) is 4.48. The lowest BCUT2D eigenvalue weighted by atomic mass is 9.82. The number of hydrogen-bond donors (Lipinski definition) is 0. The van der Waals surface area contributed by atoms with Crippen LogP contribution in [0.5, 0.6) is 0 Å². The highest BCUT2D eigenvalue weighted by molar-refractivity contribution is 6.83. The molecule has 3 rings (SSSR count). The van der Waals surface area contributed by atoms with Gasteiger partial charge < -0.3 is 0 Å². The van der Waals surface area contributed by atoms with Gasteiger partial charge in [-0.25, -0.2) is 0 Å². The molecule has 0 nitrogen and oxygen atoms in total. The molecular weight excluding hydrogens is 208 g/mol. The van der Waals surface area contributed by atoms with Gasteiger partial charge in [-0.2, -0.15) is 0 Å². The first-order valence-electron chi connectivity index (χ1n) is 6.63. The van der Waals surface area contributed by atoms with Crippen LogP contribution in [-0.2, 0) is 0 Å². The number of hydrogen-bond acceptors (Lipinski definition) is 0. The molecule has 1 heteroatoms. The van der Waals surface area contributed by atoms with E-state index in [0.717, 1.165) is 5.92 Å². The molecule has 0 aromatic rings. The zero-order valence-electron chi connectivity index (χ0n) is 10.7. The fourth-order valence-electron chi connectivity index (χ4n) is 4.19. The Balaban J connectivity index is 2.18. The normalized spacial score (nSPS) is 36.8. The Morgan fingerprint density at radius 2 is 2.06 bits per heavy atom. The van der Waals surface area contributed by atoms with E-state index in [1.165, 1.54) is 25.7 Å². The molecule has 16 heavy (non-hydrogen) atoms. The summed E-state index contributed by atoms with van der Waals surface area (Å²) in [5, 5.41) is 1.89. The van der Waals surface area contributed by atoms with Crippen LogP contribution in [0.1, 0.15) is 25.7 Å². The molecule has 2 bridgehead atoms. The second-order valence-electron chi connectivity index (χ2n) is 6.71. The third-order valence-electron chi connectivity index (χ3n) is 4.61. The monoisotopic (exact) mass is 230 g/mol. The van der Waals surface area contributed by atoms with Crippen molar-refractivity contribution in [3.05, 3.63) is 35.1 Å². The van der Waals surface area contributed by atoms with Crippen LogP contribution in [0.25, 0.3) is 0 Å². The highest BCUT2D eigenvalue weighted by Gasteiger charge is 2.48. The zero-order valence-corrected chi connectivity index (χ0v) is 11.7. The second-order valence-corrected chi connectivity index (χ2v) is 11.7. The molecular formula is C15H22Si. The van der Waals surface area contributed by atoms with Gasteiger partial charge in [-0.3, -0.25) is 0 Å². The molecule has 2 atom stereocenters. The summed E-state index contributed by atoms with van der Waals surface area (Å²) in [7, 11) is -1.13. The van der Waals surface area contributed by atoms with Crippen molar-refractivity contribution in [1.82, 2.24) is 0 Å². The molecule has 3 aliphatic rings. The van der Waals surface area contributed by atoms with Crippen LogP contribution in [0.2, 0.25) is 19.6 Å². The summed E-state index contributed by atoms with van der Waals surface area (Å²) < 4.78 is 0. The van der Waals surface area contributed by atoms with Crippen LogP contribution in [0.4, 0.5) is 0 Å². The van der Waals surface area contributed by atoms with Gasteiger partial charge in [0.15, 0.2) is 0 Å². The van der Waals surface area contributed by atoms with Gasteiger partial charge in [-0.1, -0.05) is 54.7 Å². The molecule has 3 aliphatic carbocycles. The molecule has 0 saturated heterocycles. The highest BCUT2D eigenvalue weighted by atomic mass is 28.3. The first-order valence-corrected chi connectivity index (χ1v) is 10.1. The maximum atomic E-state index is 2.52. The van der Waals surface area contributed by atoms with Crippen molar-refractivity contribution < 1.29 is 0 Å². The van der Waals surface area contributed by atoms with Crippen molar-refractivity contribution in [2.75, 3.05) is 0 Å². The summed E-state index contributed by atoms with van der Waals surface area (Å²) in [6.07, 6.45) is 15.2. The van der Waals surface area contributed by atoms with Crippen molar-refractivity contribution in [1.29, 1.82) is 0 Å². The average molecular weight is 230 g/mol. The molecule has 0 N–H and O–H groups in total. The summed E-state index contributed by atoms with van der Waals surface area (Å²) in [6, 6.07) is 0. The SMILES string of the molecule is C[Si](C)(C)C1=C2CCC[C@@]23C=CC=C[C@@H]1C3. The number of rotatable bonds is 1. The molecule has 0 unspecified atom stereocenters. The summed E-state index contributed by atoms with van der Waals surface area (Å²) in [6.45, 7) is 7.57. The molecule has 86 valence electrons. The molecule has 0 aromatic heterocycles. The maximum absolute atomic E-state index is 2.52. The van der Waals surface area contributed by atoms with E-state index in [1.807, 2.05) is 10.8 Å². The Morgan fingerprint density at radius 3 is 2.81 bits per heavy atom. The van der Waals surface area contributed by atoms with Crippen molar-refractivity contribution in [2.24, 2.45) is 11.3 Å². The molecule has 1 fully saturated rings. The summed E-state index contributed by atoms with van der Waals surface area (Å²) in [5.41, 5.74) is 2.35. The third kappa shape index (κ3) is 1.34. The van der Waals surface area contributed by atoms with Crippen LogP contribution in [0.15, 0.2) is 35.1 Å². The van der Waals surface area contributed by atoms with Crippen LogP contribution in [0.3, 0.4) is 0 Å². The van der Waals surface area contributed by atoms with E-state index in [4.69, 9.17) is 0 Å². The smallest absolute Gasteiger partial charge is 0.0732 e. The second kappa shape index (κ2) is 3.22. The Morgan fingerprint density at radius 1 is 1.25 bits per heavy atom. The first-order chi connectivity index (χ1) is 7.53. The van der Waals surface area contributed by atoms with Gasteiger partial charge in [-0.15, -0.1) is 0 Å². The lowest BCUT2D eigenvalue weighted by Crippen LogP contribution is -2.27. The highest BCUT2D eigenvalue weighted by Crippen LogP contribution is 2.59. The third-order valence-corrected chi connectivity index (χ3v) is 6.90. The number of allylic oxidation sites excluding steroid dienone is 6. The largest absolute Gasteiger partial charge is 0.0777 e. The van der Waals surface area contributed by atoms with Gasteiger partial charge in [0, 0.05) is 5.41 Å². The van der Waals surface area contributed by atoms with E-state index in [-0.39, 0.29) is 0 Å². The fraction of sp³-hybridized carbons (Fsp3) is 0.600. The molecule has 0 radical (unpaired) electrons. The van der Waals surface area contributed by atoms with Gasteiger partial charge in [0.2, 0.25) is 0 Å². The van der Waals surface area contributed by atoms with Crippen LogP contribution in [0, 0.1) is 11.3 Å². The maximum Gasteiger partial charge on any atom is 0.0732 e. The lowest BCUT2D eigenvalue weighted by molar-refractivity contribution is 0.437. The minimum absolute atomic E-state index is 0.490. The van der Waals surface area contributed by atoms with Gasteiger partial charge in [0.25, 0.3) is 0 Å². The quantitative estimate of drug-likeness (QED) is 0.583. The lowest BCUT2D eigenvalue weighted by Gasteiger charge is -2.25. The average Bonchev–Trinajstić information content (AvgIpc) is 2.52. The fourth-order valence-corrected chi connectivity index (χ4v) is 6.78. The van der Waals surface area contributed by atoms with E-state index in [9.17, 15) is 0 Å². The Bertz CT molecular complexity index is 406. The van der Waals surface area contributed by atoms with Crippen molar-refractivity contribution in [2.45, 2.75) is 45.3 Å². The van der Waals surface area contributed by atoms with E-state index < -0.39 is 8.07 Å². The van der Waals surface area contributed by atoms with E-state index in [2.05, 4.69) is 43.9 Å². The molecule has 1 spiro atoms. The minimum atomic E-state index is -1.13. The predicted molar refractivity (Wildman–Crippen MR) is 73.0 cm³/mol. The van der Waals surface area contributed by atoms with Crippen molar-refractivity contribution in [3.8, 4) is 0 Å². The summed E-state index contributed by atoms with van der Waals surface area (Å²) >= 11 is 0. The molecule has 0 aliphatic heterocycles. The first kappa shape index (κ1) is 10.6. The number of fused-ring (bicyclic) bond motifs is 1. The Labute approximate surface area is 100 Å². The summed E-state index contributed by atoms with van der Waals surface area (Å²) in [4.78, 5) is 0. The Kier molecular flexibility index (Phi) is 2.13. The van der Waals surface area contributed by atoms with Gasteiger partial charge in [0.1, 0.15) is 0 Å². The van der Waals surface area contributed by atoms with Crippen LogP contribution in [-0.4, -0.2) is 8.07 Å².